The lowest BCUT2D eigenvalue weighted by atomic mass is 10.0. The van der Waals surface area contributed by atoms with E-state index in [9.17, 15) is 9.67 Å². The molecular weight excluding hydrogens is 329 g/mol. The third-order valence-corrected chi connectivity index (χ3v) is 3.97. The number of fused-ring (bicyclic) bond motifs is 1. The average Bonchev–Trinajstić information content (AvgIpc) is 3.06. The minimum absolute atomic E-state index is 0.133. The Kier molecular flexibility index (Phi) is 3.47. The summed E-state index contributed by atoms with van der Waals surface area (Å²) >= 11 is 0. The number of hydrogen-bond donors (Lipinski definition) is 4. The van der Waals surface area contributed by atoms with Gasteiger partial charge in [0, 0.05) is 8.66 Å². The van der Waals surface area contributed by atoms with Gasteiger partial charge in [-0.05, 0) is 0 Å². The van der Waals surface area contributed by atoms with Crippen molar-refractivity contribution in [3.05, 3.63) is 12.7 Å². The highest BCUT2D eigenvalue weighted by molar-refractivity contribution is 7.46. The number of aliphatic hydroxyl groups is 1. The van der Waals surface area contributed by atoms with Gasteiger partial charge in [0.25, 0.3) is 0 Å². The Balaban J connectivity index is 1.93. The van der Waals surface area contributed by atoms with Crippen LogP contribution in [0.1, 0.15) is 15.8 Å². The van der Waals surface area contributed by atoms with Crippen molar-refractivity contribution in [2.45, 2.75) is 25.3 Å². The summed E-state index contributed by atoms with van der Waals surface area (Å²) in [7, 11) is -4.75. The molecule has 2 aromatic rings. The van der Waals surface area contributed by atoms with Crippen molar-refractivity contribution in [3.8, 4) is 0 Å². The predicted octanol–water partition coefficient (Wildman–Crippen LogP) is -0.588. The highest BCUT2D eigenvalue weighted by Crippen LogP contribution is 2.40. The van der Waals surface area contributed by atoms with Crippen LogP contribution in [0.3, 0.4) is 0 Å². The molecule has 1 aliphatic heterocycles. The Morgan fingerprint density at radius 1 is 1.52 bits per heavy atom. The molecule has 12 heteroatoms. The van der Waals surface area contributed by atoms with Crippen LogP contribution in [0.2, 0.25) is 0 Å². The largest absolute Gasteiger partial charge is 0.469 e. The lowest BCUT2D eigenvalue weighted by Crippen LogP contribution is -2.29. The molecule has 23 heavy (non-hydrogen) atoms. The van der Waals surface area contributed by atoms with Crippen LogP contribution in [0.25, 0.3) is 11.2 Å². The van der Waals surface area contributed by atoms with Gasteiger partial charge in [-0.1, -0.05) is 6.88 Å². The number of aromatic nitrogens is 4. The van der Waals surface area contributed by atoms with Crippen molar-refractivity contribution in [1.82, 2.24) is 19.5 Å². The first kappa shape index (κ1) is 13.8. The van der Waals surface area contributed by atoms with Crippen molar-refractivity contribution >= 4 is 24.8 Å². The van der Waals surface area contributed by atoms with Gasteiger partial charge < -0.3 is 25.4 Å². The molecule has 0 aromatic carbocycles. The van der Waals surface area contributed by atoms with Crippen molar-refractivity contribution in [2.75, 3.05) is 12.3 Å². The normalized spacial score (nSPS) is 29.9. The average molecular weight is 347 g/mol. The van der Waals surface area contributed by atoms with Gasteiger partial charge in [-0.25, -0.2) is 19.5 Å². The summed E-state index contributed by atoms with van der Waals surface area (Å²) in [5.74, 6) is -0.896. The Morgan fingerprint density at radius 3 is 3.00 bits per heavy atom. The Morgan fingerprint density at radius 2 is 2.30 bits per heavy atom. The molecule has 2 aromatic heterocycles. The van der Waals surface area contributed by atoms with Crippen molar-refractivity contribution in [2.24, 2.45) is 5.92 Å². The number of nitrogens with zero attached hydrogens (tertiary/aromatic N) is 4. The minimum atomic E-state index is -4.75. The Hall–Kier alpha value is -1.62. The highest BCUT2D eigenvalue weighted by Gasteiger charge is 2.43. The first-order valence-corrected chi connectivity index (χ1v) is 8.03. The number of hydrogen-bond acceptors (Lipinski definition) is 8. The molecule has 1 aliphatic rings. The van der Waals surface area contributed by atoms with E-state index in [0.29, 0.717) is 5.52 Å². The summed E-state index contributed by atoms with van der Waals surface area (Å²) in [6.07, 6.45) is -0.969. The minimum Gasteiger partial charge on any atom is -0.390 e. The number of nitrogens with two attached hydrogens (primary N) is 1. The number of imidazole rings is 1. The van der Waals surface area contributed by atoms with Crippen LogP contribution in [0.4, 0.5) is 5.82 Å². The van der Waals surface area contributed by atoms with Crippen LogP contribution in [-0.4, -0.2) is 53.2 Å². The van der Waals surface area contributed by atoms with Crippen LogP contribution in [0.15, 0.2) is 12.7 Å². The molecule has 0 bridgehead atoms. The van der Waals surface area contributed by atoms with Crippen molar-refractivity contribution < 1.29 is 31.5 Å². The van der Waals surface area contributed by atoms with Gasteiger partial charge in [-0.15, -0.1) is 0 Å². The smallest absolute Gasteiger partial charge is 0.390 e. The fourth-order valence-corrected chi connectivity index (χ4v) is 2.72. The van der Waals surface area contributed by atoms with E-state index in [1.54, 1.807) is 0 Å². The van der Waals surface area contributed by atoms with Gasteiger partial charge in [0.15, 0.2) is 11.5 Å². The summed E-state index contributed by atoms with van der Waals surface area (Å²) < 4.78 is 37.6. The lowest BCUT2D eigenvalue weighted by Gasteiger charge is -2.17. The zero-order valence-electron chi connectivity index (χ0n) is 13.6. The Labute approximate surface area is 133 Å². The van der Waals surface area contributed by atoms with E-state index >= 15 is 0 Å². The van der Waals surface area contributed by atoms with Crippen molar-refractivity contribution in [3.63, 3.8) is 0 Å². The molecule has 0 aliphatic carbocycles. The molecule has 0 radical (unpaired) electrons. The topological polar surface area (TPSA) is 166 Å². The van der Waals surface area contributed by atoms with Crippen molar-refractivity contribution in [1.29, 1.82) is 0 Å². The van der Waals surface area contributed by atoms with Crippen LogP contribution in [-0.2, 0) is 13.8 Å². The zero-order valence-corrected chi connectivity index (χ0v) is 12.5. The molecule has 5 N–H and O–H groups in total. The number of aliphatic hydroxyl groups excluding tert-OH is 1. The van der Waals surface area contributed by atoms with Crippen LogP contribution in [0.5, 0.6) is 0 Å². The number of rotatable bonds is 4. The van der Waals surface area contributed by atoms with Gasteiger partial charge >= 0.3 is 7.82 Å². The van der Waals surface area contributed by atoms with E-state index in [1.807, 2.05) is 0 Å². The fraction of sp³-hybridized carbons (Fsp3) is 0.545. The molecule has 1 fully saturated rings. The molecule has 126 valence electrons. The quantitative estimate of drug-likeness (QED) is 0.525. The first-order chi connectivity index (χ1) is 11.7. The van der Waals surface area contributed by atoms with Crippen LogP contribution in [0, 0.1) is 5.92 Å². The SMILES string of the molecule is [2H]C([2H])[C@H]1C(O)[C@@H](COP(=O)(O)O)O[C@H]1n1cnc2c(N)ncnc21. The molecular formula is C11H16N5O6P. The van der Waals surface area contributed by atoms with Gasteiger partial charge in [0.05, 0.1) is 19.0 Å². The molecule has 3 rings (SSSR count). The molecule has 4 atom stereocenters. The monoisotopic (exact) mass is 347 g/mol. The van der Waals surface area contributed by atoms with E-state index in [0.717, 1.165) is 0 Å². The molecule has 1 unspecified atom stereocenters. The van der Waals surface area contributed by atoms with E-state index in [-0.39, 0.29) is 11.5 Å². The molecule has 0 spiro atoms. The fourth-order valence-electron chi connectivity index (χ4n) is 2.38. The number of nitrogen functional groups attached to an aromatic ring is 1. The third kappa shape index (κ3) is 3.07. The number of ether oxygens (including phenoxy) is 1. The van der Waals surface area contributed by atoms with Crippen LogP contribution >= 0.6 is 7.82 Å². The first-order valence-electron chi connectivity index (χ1n) is 7.65. The molecule has 0 amide bonds. The molecule has 3 heterocycles. The second-order valence-corrected chi connectivity index (χ2v) is 6.24. The maximum atomic E-state index is 10.8. The van der Waals surface area contributed by atoms with Gasteiger partial charge in [0.2, 0.25) is 0 Å². The number of anilines is 1. The summed E-state index contributed by atoms with van der Waals surface area (Å²) in [5.41, 5.74) is 6.29. The molecule has 0 saturated carbocycles. The second-order valence-electron chi connectivity index (χ2n) is 5.00. The van der Waals surface area contributed by atoms with Gasteiger partial charge in [0.1, 0.15) is 24.2 Å². The van der Waals surface area contributed by atoms with E-state index in [2.05, 4.69) is 19.5 Å². The standard InChI is InChI=1S/C11H16N5O6P/c1-5-8(17)6(2-21-23(18,19)20)22-11(5)16-4-15-7-9(12)13-3-14-10(7)16/h3-6,8,11,17H,2H2,1H3,(H2,12,13,14)(H2,18,19,20)/t5-,6+,8?,11+/m0/s1/i1D2. The van der Waals surface area contributed by atoms with Gasteiger partial charge in [-0.2, -0.15) is 0 Å². The summed E-state index contributed by atoms with van der Waals surface area (Å²) in [4.78, 5) is 29.5. The maximum absolute atomic E-state index is 10.8. The molecule has 11 nitrogen and oxygen atoms in total. The van der Waals surface area contributed by atoms with E-state index in [4.69, 9.17) is 23.0 Å². The van der Waals surface area contributed by atoms with Gasteiger partial charge in [-0.3, -0.25) is 9.09 Å². The second kappa shape index (κ2) is 5.78. The maximum Gasteiger partial charge on any atom is 0.469 e. The summed E-state index contributed by atoms with van der Waals surface area (Å²) in [5, 5.41) is 10.3. The number of phosphoric ester groups is 1. The lowest BCUT2D eigenvalue weighted by molar-refractivity contribution is -0.0439. The summed E-state index contributed by atoms with van der Waals surface area (Å²) in [6.45, 7) is -2.09. The Bertz CT molecular complexity index is 815. The third-order valence-electron chi connectivity index (χ3n) is 3.49. The summed E-state index contributed by atoms with van der Waals surface area (Å²) in [6, 6.07) is 0. The van der Waals surface area contributed by atoms with E-state index in [1.165, 1.54) is 17.2 Å². The predicted molar refractivity (Wildman–Crippen MR) is 76.8 cm³/mol. The number of phosphoric acid groups is 1. The van der Waals surface area contributed by atoms with Crippen LogP contribution < -0.4 is 5.73 Å². The van der Waals surface area contributed by atoms with E-state index < -0.39 is 45.7 Å². The molecule has 1 saturated heterocycles. The zero-order chi connectivity index (χ0) is 18.4. The highest BCUT2D eigenvalue weighted by atomic mass is 31.2.